The minimum atomic E-state index is -0.0790. The predicted molar refractivity (Wildman–Crippen MR) is 88.9 cm³/mol. The normalized spacial score (nSPS) is 10.7. The zero-order valence-electron chi connectivity index (χ0n) is 11.1. The van der Waals surface area contributed by atoms with Crippen LogP contribution in [0.25, 0.3) is 10.1 Å². The Kier molecular flexibility index (Phi) is 3.82. The molecule has 5 heteroatoms. The average Bonchev–Trinajstić information content (AvgIpc) is 2.89. The molecule has 106 valence electrons. The lowest BCUT2D eigenvalue weighted by molar-refractivity contribution is 0.0955. The molecule has 1 amide bonds. The largest absolute Gasteiger partial charge is 0.399 e. The fourth-order valence-electron chi connectivity index (χ4n) is 2.05. The van der Waals surface area contributed by atoms with Gasteiger partial charge in [0, 0.05) is 22.0 Å². The van der Waals surface area contributed by atoms with E-state index in [0.717, 1.165) is 15.6 Å². The van der Waals surface area contributed by atoms with Gasteiger partial charge in [0.2, 0.25) is 0 Å². The number of nitrogen functional groups attached to an aromatic ring is 1. The van der Waals surface area contributed by atoms with Crippen molar-refractivity contribution in [3.63, 3.8) is 0 Å². The molecule has 0 fully saturated rings. The first-order valence-corrected chi connectivity index (χ1v) is 7.63. The Morgan fingerprint density at radius 1 is 1.14 bits per heavy atom. The molecule has 3 N–H and O–H groups in total. The summed E-state index contributed by atoms with van der Waals surface area (Å²) in [5, 5.41) is 4.59. The average molecular weight is 317 g/mol. The minimum Gasteiger partial charge on any atom is -0.399 e. The van der Waals surface area contributed by atoms with Gasteiger partial charge in [0.25, 0.3) is 5.91 Å². The van der Waals surface area contributed by atoms with Crippen molar-refractivity contribution in [2.45, 2.75) is 6.54 Å². The highest BCUT2D eigenvalue weighted by atomic mass is 35.5. The predicted octanol–water partition coefficient (Wildman–Crippen LogP) is 4.07. The van der Waals surface area contributed by atoms with Crippen molar-refractivity contribution in [3.05, 3.63) is 64.0 Å². The van der Waals surface area contributed by atoms with Gasteiger partial charge in [-0.3, -0.25) is 4.79 Å². The molecule has 0 saturated carbocycles. The summed E-state index contributed by atoms with van der Waals surface area (Å²) in [7, 11) is 0. The van der Waals surface area contributed by atoms with Crippen LogP contribution in [0.1, 0.15) is 15.2 Å². The standard InChI is InChI=1S/C16H13ClN2OS/c17-12-3-1-10(2-4-12)9-19-16(20)15-8-11-7-13(18)5-6-14(11)21-15/h1-8H,9,18H2,(H,19,20). The second-order valence-electron chi connectivity index (χ2n) is 4.72. The lowest BCUT2D eigenvalue weighted by atomic mass is 10.2. The van der Waals surface area contributed by atoms with Gasteiger partial charge in [0.15, 0.2) is 0 Å². The van der Waals surface area contributed by atoms with E-state index in [1.165, 1.54) is 11.3 Å². The van der Waals surface area contributed by atoms with E-state index in [1.54, 1.807) is 0 Å². The molecule has 1 heterocycles. The van der Waals surface area contributed by atoms with Crippen LogP contribution in [0.2, 0.25) is 5.02 Å². The zero-order chi connectivity index (χ0) is 14.8. The van der Waals surface area contributed by atoms with Crippen LogP contribution in [0.4, 0.5) is 5.69 Å². The Morgan fingerprint density at radius 2 is 1.90 bits per heavy atom. The smallest absolute Gasteiger partial charge is 0.261 e. The molecule has 0 atom stereocenters. The molecule has 0 aliphatic heterocycles. The number of thiophene rings is 1. The van der Waals surface area contributed by atoms with Crippen molar-refractivity contribution in [3.8, 4) is 0 Å². The summed E-state index contributed by atoms with van der Waals surface area (Å²) < 4.78 is 1.06. The van der Waals surface area contributed by atoms with Crippen LogP contribution < -0.4 is 11.1 Å². The third-order valence-corrected chi connectivity index (χ3v) is 4.50. The molecule has 0 spiro atoms. The van der Waals surface area contributed by atoms with Crippen molar-refractivity contribution in [1.82, 2.24) is 5.32 Å². The zero-order valence-corrected chi connectivity index (χ0v) is 12.7. The van der Waals surface area contributed by atoms with Crippen molar-refractivity contribution < 1.29 is 4.79 Å². The minimum absolute atomic E-state index is 0.0790. The molecule has 2 aromatic carbocycles. The van der Waals surface area contributed by atoms with Gasteiger partial charge in [-0.1, -0.05) is 23.7 Å². The summed E-state index contributed by atoms with van der Waals surface area (Å²) in [4.78, 5) is 12.9. The van der Waals surface area contributed by atoms with E-state index in [1.807, 2.05) is 48.5 Å². The van der Waals surface area contributed by atoms with Crippen molar-refractivity contribution >= 4 is 44.6 Å². The first-order valence-electron chi connectivity index (χ1n) is 6.43. The van der Waals surface area contributed by atoms with Crippen LogP contribution in [0.15, 0.2) is 48.5 Å². The molecular weight excluding hydrogens is 304 g/mol. The van der Waals surface area contributed by atoms with Crippen LogP contribution in [0, 0.1) is 0 Å². The molecule has 0 aliphatic carbocycles. The molecule has 0 bridgehead atoms. The number of benzene rings is 2. The maximum Gasteiger partial charge on any atom is 0.261 e. The Bertz CT molecular complexity index is 796. The third-order valence-electron chi connectivity index (χ3n) is 3.13. The van der Waals surface area contributed by atoms with Crippen LogP contribution >= 0.6 is 22.9 Å². The van der Waals surface area contributed by atoms with E-state index in [0.29, 0.717) is 22.1 Å². The molecule has 3 rings (SSSR count). The van der Waals surface area contributed by atoms with E-state index in [2.05, 4.69) is 5.32 Å². The topological polar surface area (TPSA) is 55.1 Å². The maximum atomic E-state index is 12.2. The van der Waals surface area contributed by atoms with E-state index in [-0.39, 0.29) is 5.91 Å². The first-order chi connectivity index (χ1) is 10.1. The number of anilines is 1. The maximum absolute atomic E-state index is 12.2. The highest BCUT2D eigenvalue weighted by Gasteiger charge is 2.10. The van der Waals surface area contributed by atoms with Gasteiger partial charge in [0.1, 0.15) is 0 Å². The van der Waals surface area contributed by atoms with E-state index < -0.39 is 0 Å². The molecule has 0 aliphatic rings. The molecule has 3 nitrogen and oxygen atoms in total. The first kappa shape index (κ1) is 13.9. The monoisotopic (exact) mass is 316 g/mol. The van der Waals surface area contributed by atoms with E-state index in [9.17, 15) is 4.79 Å². The van der Waals surface area contributed by atoms with E-state index >= 15 is 0 Å². The quantitative estimate of drug-likeness (QED) is 0.716. The Morgan fingerprint density at radius 3 is 2.67 bits per heavy atom. The Hall–Kier alpha value is -2.04. The van der Waals surface area contributed by atoms with Gasteiger partial charge in [0.05, 0.1) is 4.88 Å². The fourth-order valence-corrected chi connectivity index (χ4v) is 3.13. The molecular formula is C16H13ClN2OS. The fraction of sp³-hybridized carbons (Fsp3) is 0.0625. The SMILES string of the molecule is Nc1ccc2sc(C(=O)NCc3ccc(Cl)cc3)cc2c1. The highest BCUT2D eigenvalue weighted by Crippen LogP contribution is 2.27. The number of nitrogens with two attached hydrogens (primary N) is 1. The number of halogens is 1. The molecule has 0 saturated heterocycles. The number of hydrogen-bond donors (Lipinski definition) is 2. The van der Waals surface area contributed by atoms with Crippen molar-refractivity contribution in [1.29, 1.82) is 0 Å². The van der Waals surface area contributed by atoms with Gasteiger partial charge in [-0.15, -0.1) is 11.3 Å². The summed E-state index contributed by atoms with van der Waals surface area (Å²) in [6, 6.07) is 14.9. The molecule has 21 heavy (non-hydrogen) atoms. The Balaban J connectivity index is 1.73. The summed E-state index contributed by atoms with van der Waals surface area (Å²) in [5.74, 6) is -0.0790. The van der Waals surface area contributed by atoms with Gasteiger partial charge in [-0.25, -0.2) is 0 Å². The number of fused-ring (bicyclic) bond motifs is 1. The number of rotatable bonds is 3. The summed E-state index contributed by atoms with van der Waals surface area (Å²) >= 11 is 7.30. The van der Waals surface area contributed by atoms with Crippen molar-refractivity contribution in [2.24, 2.45) is 0 Å². The van der Waals surface area contributed by atoms with Crippen LogP contribution in [0.3, 0.4) is 0 Å². The highest BCUT2D eigenvalue weighted by molar-refractivity contribution is 7.20. The summed E-state index contributed by atoms with van der Waals surface area (Å²) in [6.45, 7) is 0.479. The number of hydrogen-bond acceptors (Lipinski definition) is 3. The van der Waals surface area contributed by atoms with Crippen molar-refractivity contribution in [2.75, 3.05) is 5.73 Å². The second-order valence-corrected chi connectivity index (χ2v) is 6.24. The lowest BCUT2D eigenvalue weighted by Gasteiger charge is -2.03. The van der Waals surface area contributed by atoms with Gasteiger partial charge < -0.3 is 11.1 Å². The number of carbonyl (C=O) groups excluding carboxylic acids is 1. The number of carbonyl (C=O) groups is 1. The van der Waals surface area contributed by atoms with Gasteiger partial charge >= 0.3 is 0 Å². The summed E-state index contributed by atoms with van der Waals surface area (Å²) in [5.41, 5.74) is 7.46. The van der Waals surface area contributed by atoms with Crippen LogP contribution in [0.5, 0.6) is 0 Å². The molecule has 1 aromatic heterocycles. The Labute approximate surface area is 131 Å². The molecule has 3 aromatic rings. The number of nitrogens with one attached hydrogen (secondary N) is 1. The van der Waals surface area contributed by atoms with Gasteiger partial charge in [-0.05, 0) is 47.3 Å². The second kappa shape index (κ2) is 5.76. The van der Waals surface area contributed by atoms with Crippen LogP contribution in [-0.4, -0.2) is 5.91 Å². The van der Waals surface area contributed by atoms with Crippen LogP contribution in [-0.2, 0) is 6.54 Å². The molecule has 0 unspecified atom stereocenters. The number of amides is 1. The third kappa shape index (κ3) is 3.17. The molecule has 0 radical (unpaired) electrons. The summed E-state index contributed by atoms with van der Waals surface area (Å²) in [6.07, 6.45) is 0. The van der Waals surface area contributed by atoms with E-state index in [4.69, 9.17) is 17.3 Å². The van der Waals surface area contributed by atoms with Gasteiger partial charge in [-0.2, -0.15) is 0 Å². The lowest BCUT2D eigenvalue weighted by Crippen LogP contribution is -2.21.